The van der Waals surface area contributed by atoms with E-state index < -0.39 is 97.5 Å². The molecule has 0 aromatic heterocycles. The number of aliphatic hydroxyl groups excluding tert-OH is 1. The van der Waals surface area contributed by atoms with E-state index in [1.54, 1.807) is 0 Å². The normalized spacial score (nSPS) is 14.2. The molecular formula is C76H144O17P2. The minimum Gasteiger partial charge on any atom is -0.462 e. The van der Waals surface area contributed by atoms with Crippen LogP contribution in [-0.2, 0) is 65.4 Å². The van der Waals surface area contributed by atoms with Gasteiger partial charge in [0.05, 0.1) is 26.4 Å². The molecule has 17 nitrogen and oxygen atoms in total. The highest BCUT2D eigenvalue weighted by Gasteiger charge is 2.30. The molecule has 5 atom stereocenters. The summed E-state index contributed by atoms with van der Waals surface area (Å²) in [5.74, 6) is 0.0975. The molecule has 0 aliphatic carbocycles. The molecule has 0 fully saturated rings. The average molecular weight is 1390 g/mol. The quantitative estimate of drug-likeness (QED) is 0.0169. The Bertz CT molecular complexity index is 1950. The molecule has 0 aliphatic heterocycles. The molecule has 19 heteroatoms. The fourth-order valence-corrected chi connectivity index (χ4v) is 12.6. The molecule has 0 aromatic carbocycles. The number of unbranched alkanes of at least 4 members (excludes halogenated alkanes) is 37. The second kappa shape index (κ2) is 66.1. The molecular weight excluding hydrogens is 1250 g/mol. The summed E-state index contributed by atoms with van der Waals surface area (Å²) in [5, 5.41) is 10.6. The number of rotatable bonds is 72. The van der Waals surface area contributed by atoms with E-state index in [2.05, 4.69) is 72.8 Å². The Hall–Kier alpha value is -2.46. The van der Waals surface area contributed by atoms with Crippen LogP contribution < -0.4 is 0 Å². The van der Waals surface area contributed by atoms with Gasteiger partial charge in [-0.1, -0.05) is 310 Å². The number of allylic oxidation sites excluding steroid dienone is 4. The fraction of sp³-hybridized carbons (Fsp3) is 0.895. The van der Waals surface area contributed by atoms with Gasteiger partial charge < -0.3 is 33.8 Å². The molecule has 0 spiro atoms. The van der Waals surface area contributed by atoms with Crippen molar-refractivity contribution in [3.05, 3.63) is 24.3 Å². The number of phosphoric acid groups is 2. The van der Waals surface area contributed by atoms with Crippen LogP contribution in [0.1, 0.15) is 363 Å². The minimum absolute atomic E-state index is 0.100. The Balaban J connectivity index is 5.29. The Morgan fingerprint density at radius 3 is 0.853 bits per heavy atom. The van der Waals surface area contributed by atoms with Crippen LogP contribution in [0.15, 0.2) is 24.3 Å². The van der Waals surface area contributed by atoms with Crippen molar-refractivity contribution in [1.29, 1.82) is 0 Å². The first-order valence-corrected chi connectivity index (χ1v) is 41.7. The highest BCUT2D eigenvalue weighted by Crippen LogP contribution is 2.45. The lowest BCUT2D eigenvalue weighted by Crippen LogP contribution is -2.30. The predicted octanol–water partition coefficient (Wildman–Crippen LogP) is 21.7. The maximum absolute atomic E-state index is 13.1. The van der Waals surface area contributed by atoms with E-state index in [0.717, 1.165) is 127 Å². The van der Waals surface area contributed by atoms with E-state index >= 15 is 0 Å². The van der Waals surface area contributed by atoms with Crippen molar-refractivity contribution in [2.75, 3.05) is 39.6 Å². The first-order valence-electron chi connectivity index (χ1n) is 38.7. The third-order valence-electron chi connectivity index (χ3n) is 17.0. The van der Waals surface area contributed by atoms with Gasteiger partial charge in [0, 0.05) is 25.7 Å². The third kappa shape index (κ3) is 69.8. The largest absolute Gasteiger partial charge is 0.472 e. The van der Waals surface area contributed by atoms with Gasteiger partial charge in [0.25, 0.3) is 0 Å². The zero-order valence-electron chi connectivity index (χ0n) is 61.6. The zero-order valence-corrected chi connectivity index (χ0v) is 63.4. The summed E-state index contributed by atoms with van der Waals surface area (Å²) in [5.41, 5.74) is 0. The maximum atomic E-state index is 13.1. The van der Waals surface area contributed by atoms with Crippen molar-refractivity contribution < 1.29 is 80.2 Å². The van der Waals surface area contributed by atoms with Gasteiger partial charge >= 0.3 is 39.5 Å². The lowest BCUT2D eigenvalue weighted by molar-refractivity contribution is -0.161. The summed E-state index contributed by atoms with van der Waals surface area (Å²) < 4.78 is 68.5. The van der Waals surface area contributed by atoms with Crippen LogP contribution in [0.5, 0.6) is 0 Å². The molecule has 0 bridgehead atoms. The lowest BCUT2D eigenvalue weighted by Gasteiger charge is -2.21. The molecule has 0 aliphatic rings. The number of ether oxygens (including phenoxy) is 4. The smallest absolute Gasteiger partial charge is 0.462 e. The van der Waals surface area contributed by atoms with Crippen molar-refractivity contribution in [1.82, 2.24) is 0 Å². The van der Waals surface area contributed by atoms with Gasteiger partial charge in [-0.25, -0.2) is 9.13 Å². The molecule has 0 radical (unpaired) electrons. The molecule has 3 unspecified atom stereocenters. The van der Waals surface area contributed by atoms with Crippen molar-refractivity contribution in [2.45, 2.75) is 381 Å². The number of esters is 4. The Morgan fingerprint density at radius 1 is 0.326 bits per heavy atom. The van der Waals surface area contributed by atoms with E-state index in [-0.39, 0.29) is 25.7 Å². The van der Waals surface area contributed by atoms with Crippen molar-refractivity contribution >= 4 is 39.5 Å². The monoisotopic (exact) mass is 1390 g/mol. The molecule has 560 valence electrons. The Labute approximate surface area is 580 Å². The van der Waals surface area contributed by atoms with E-state index in [0.29, 0.717) is 31.6 Å². The molecule has 0 amide bonds. The predicted molar refractivity (Wildman–Crippen MR) is 386 cm³/mol. The average Bonchev–Trinajstić information content (AvgIpc) is 2.83. The first kappa shape index (κ1) is 92.5. The summed E-state index contributed by atoms with van der Waals surface area (Å²) in [6.45, 7) is 11.8. The maximum Gasteiger partial charge on any atom is 0.472 e. The first-order chi connectivity index (χ1) is 45.7. The minimum atomic E-state index is -4.97. The molecule has 0 aromatic rings. The second-order valence-electron chi connectivity index (χ2n) is 28.1. The molecule has 0 saturated carbocycles. The standard InChI is InChI=1S/C76H144O17P2/c1-8-9-10-11-12-13-14-15-16-20-23-29-36-43-50-57-73(78)86-63-71(92-75(80)59-52-45-37-30-24-21-18-17-19-22-27-33-40-47-54-67(2)3)65-90-94(82,83)88-61-70(77)62-89-95(84,85)91-66-72(64-87-74(79)58-51-44-39-32-35-42-49-56-69(6)7)93-76(81)60-53-46-38-31-26-25-28-34-41-48-55-68(4)5/h13-16,67-72,77H,8-12,17-66H2,1-7H3,(H,82,83)(H,84,85)/b14-13-,16-15-/t70?,71-,72-/m1/s1. The lowest BCUT2D eigenvalue weighted by atomic mass is 10.0. The molecule has 95 heavy (non-hydrogen) atoms. The number of phosphoric ester groups is 2. The zero-order chi connectivity index (χ0) is 70.1. The van der Waals surface area contributed by atoms with E-state index in [1.165, 1.54) is 148 Å². The van der Waals surface area contributed by atoms with Gasteiger partial charge in [0.15, 0.2) is 12.2 Å². The van der Waals surface area contributed by atoms with Crippen LogP contribution in [0.2, 0.25) is 0 Å². The van der Waals surface area contributed by atoms with Gasteiger partial charge in [0.2, 0.25) is 0 Å². The fourth-order valence-electron chi connectivity index (χ4n) is 11.1. The van der Waals surface area contributed by atoms with E-state index in [1.807, 2.05) is 0 Å². The number of carbonyl (C=O) groups is 4. The van der Waals surface area contributed by atoms with Crippen molar-refractivity contribution in [2.24, 2.45) is 17.8 Å². The van der Waals surface area contributed by atoms with Crippen LogP contribution >= 0.6 is 15.6 Å². The summed E-state index contributed by atoms with van der Waals surface area (Å²) in [6.07, 6.45) is 55.0. The van der Waals surface area contributed by atoms with Gasteiger partial charge in [0.1, 0.15) is 19.3 Å². The second-order valence-corrected chi connectivity index (χ2v) is 31.0. The van der Waals surface area contributed by atoms with E-state index in [9.17, 15) is 43.2 Å². The summed E-state index contributed by atoms with van der Waals surface area (Å²) in [6, 6.07) is 0. The van der Waals surface area contributed by atoms with Gasteiger partial charge in [-0.05, 0) is 69.1 Å². The SMILES string of the molecule is CCCCCC/C=C\C=C/CCCCCCCC(=O)OC[C@H](COP(=O)(O)OCC(O)COP(=O)(O)OC[C@@H](COC(=O)CCCCCCCCCC(C)C)OC(=O)CCCCCCCCCCCCC(C)C)OC(=O)CCCCCCCCCCCCCCCCC(C)C. The van der Waals surface area contributed by atoms with Crippen LogP contribution in [0.3, 0.4) is 0 Å². The Kier molecular flexibility index (Phi) is 64.4. The highest BCUT2D eigenvalue weighted by molar-refractivity contribution is 7.47. The van der Waals surface area contributed by atoms with Gasteiger partial charge in [-0.15, -0.1) is 0 Å². The van der Waals surface area contributed by atoms with Crippen LogP contribution in [-0.4, -0.2) is 96.7 Å². The van der Waals surface area contributed by atoms with Crippen molar-refractivity contribution in [3.63, 3.8) is 0 Å². The Morgan fingerprint density at radius 2 is 0.568 bits per heavy atom. The number of carbonyl (C=O) groups excluding carboxylic acids is 4. The van der Waals surface area contributed by atoms with Crippen LogP contribution in [0.25, 0.3) is 0 Å². The topological polar surface area (TPSA) is 237 Å². The third-order valence-corrected chi connectivity index (χ3v) is 18.9. The van der Waals surface area contributed by atoms with Crippen molar-refractivity contribution in [3.8, 4) is 0 Å². The van der Waals surface area contributed by atoms with Crippen LogP contribution in [0, 0.1) is 17.8 Å². The molecule has 0 rings (SSSR count). The summed E-state index contributed by atoms with van der Waals surface area (Å²) in [7, 11) is -9.92. The number of aliphatic hydroxyl groups is 1. The van der Waals surface area contributed by atoms with Gasteiger partial charge in [-0.2, -0.15) is 0 Å². The highest BCUT2D eigenvalue weighted by atomic mass is 31.2. The van der Waals surface area contributed by atoms with Gasteiger partial charge in [-0.3, -0.25) is 37.3 Å². The number of hydrogen-bond donors (Lipinski definition) is 3. The number of hydrogen-bond acceptors (Lipinski definition) is 15. The van der Waals surface area contributed by atoms with E-state index in [4.69, 9.17) is 37.0 Å². The van der Waals surface area contributed by atoms with Crippen LogP contribution in [0.4, 0.5) is 0 Å². The summed E-state index contributed by atoms with van der Waals surface area (Å²) >= 11 is 0. The summed E-state index contributed by atoms with van der Waals surface area (Å²) in [4.78, 5) is 72.8. The molecule has 0 saturated heterocycles. The molecule has 3 N–H and O–H groups in total. The molecule has 0 heterocycles.